The fourth-order valence-corrected chi connectivity index (χ4v) is 2.64. The van der Waals surface area contributed by atoms with E-state index in [-0.39, 0.29) is 5.75 Å². The molecule has 0 heterocycles. The maximum absolute atomic E-state index is 11.5. The van der Waals surface area contributed by atoms with Gasteiger partial charge in [0, 0.05) is 5.75 Å². The van der Waals surface area contributed by atoms with E-state index in [2.05, 4.69) is 0 Å². The van der Waals surface area contributed by atoms with Crippen molar-refractivity contribution in [2.75, 3.05) is 12.4 Å². The van der Waals surface area contributed by atoms with E-state index in [1.165, 1.54) is 6.92 Å². The average Bonchev–Trinajstić information content (AvgIpc) is 2.03. The maximum atomic E-state index is 11.5. The molecule has 0 amide bonds. The Labute approximate surface area is 85.9 Å². The van der Waals surface area contributed by atoms with Crippen LogP contribution >= 0.6 is 0 Å². The Kier molecular flexibility index (Phi) is 4.55. The lowest BCUT2D eigenvalue weighted by molar-refractivity contribution is 0.0439. The summed E-state index contributed by atoms with van der Waals surface area (Å²) in [6.07, 6.45) is -1.04. The van der Waals surface area contributed by atoms with Crippen molar-refractivity contribution in [3.63, 3.8) is 0 Å². The molecule has 4 nitrogen and oxygen atoms in total. The molecule has 5 heteroatoms. The summed E-state index contributed by atoms with van der Waals surface area (Å²) in [6, 6.07) is 0. The van der Waals surface area contributed by atoms with Gasteiger partial charge in [0.2, 0.25) is 0 Å². The largest absolute Gasteiger partial charge is 0.395 e. The van der Waals surface area contributed by atoms with Gasteiger partial charge in [-0.2, -0.15) is 0 Å². The van der Waals surface area contributed by atoms with E-state index in [0.29, 0.717) is 0 Å². The van der Waals surface area contributed by atoms with Crippen LogP contribution in [0.4, 0.5) is 0 Å². The number of aliphatic hydroxyl groups is 2. The van der Waals surface area contributed by atoms with Crippen molar-refractivity contribution in [1.82, 2.24) is 0 Å². The van der Waals surface area contributed by atoms with Crippen LogP contribution in [-0.4, -0.2) is 42.3 Å². The normalized spacial score (nSPS) is 17.9. The second-order valence-corrected chi connectivity index (χ2v) is 6.99. The highest BCUT2D eigenvalue weighted by atomic mass is 32.2. The van der Waals surface area contributed by atoms with Crippen molar-refractivity contribution in [3.8, 4) is 0 Å². The summed E-state index contributed by atoms with van der Waals surface area (Å²) in [7, 11) is -3.39. The van der Waals surface area contributed by atoms with Crippen molar-refractivity contribution in [2.24, 2.45) is 5.41 Å². The molecule has 2 atom stereocenters. The number of hydrogen-bond acceptors (Lipinski definition) is 4. The standard InChI is InChI=1S/C9H20O4S/c1-5-14(12,13)7(6-10)8(11)9(2,3)4/h7-8,10-11H,5-6H2,1-4H3/t7-,8-/m1/s1. The lowest BCUT2D eigenvalue weighted by Crippen LogP contribution is -2.45. The summed E-state index contributed by atoms with van der Waals surface area (Å²) in [5, 5.41) is 17.7. The summed E-state index contributed by atoms with van der Waals surface area (Å²) in [6.45, 7) is 6.20. The van der Waals surface area contributed by atoms with Crippen molar-refractivity contribution < 1.29 is 18.6 Å². The molecule has 0 saturated heterocycles. The molecule has 86 valence electrons. The van der Waals surface area contributed by atoms with Gasteiger partial charge in [-0.3, -0.25) is 0 Å². The molecule has 0 bridgehead atoms. The molecule has 0 aliphatic heterocycles. The molecule has 0 radical (unpaired) electrons. The third kappa shape index (κ3) is 3.22. The van der Waals surface area contributed by atoms with E-state index in [0.717, 1.165) is 0 Å². The lowest BCUT2D eigenvalue weighted by Gasteiger charge is -2.31. The second kappa shape index (κ2) is 4.59. The van der Waals surface area contributed by atoms with Gasteiger partial charge in [0.15, 0.2) is 9.84 Å². The third-order valence-corrected chi connectivity index (χ3v) is 4.42. The van der Waals surface area contributed by atoms with Crippen molar-refractivity contribution >= 4 is 9.84 Å². The van der Waals surface area contributed by atoms with E-state index in [1.807, 2.05) is 0 Å². The van der Waals surface area contributed by atoms with Crippen molar-refractivity contribution in [1.29, 1.82) is 0 Å². The van der Waals surface area contributed by atoms with Crippen LogP contribution in [0.25, 0.3) is 0 Å². The molecule has 0 saturated carbocycles. The predicted molar refractivity (Wildman–Crippen MR) is 55.8 cm³/mol. The predicted octanol–water partition coefficient (Wildman–Crippen LogP) is 0.189. The Morgan fingerprint density at radius 3 is 1.93 bits per heavy atom. The molecule has 0 rings (SSSR count). The Morgan fingerprint density at radius 2 is 1.71 bits per heavy atom. The van der Waals surface area contributed by atoms with E-state index in [1.54, 1.807) is 20.8 Å². The lowest BCUT2D eigenvalue weighted by atomic mass is 9.87. The van der Waals surface area contributed by atoms with Crippen LogP contribution in [0, 0.1) is 5.41 Å². The van der Waals surface area contributed by atoms with Crippen molar-refractivity contribution in [3.05, 3.63) is 0 Å². The second-order valence-electron chi connectivity index (χ2n) is 4.48. The van der Waals surface area contributed by atoms with Gasteiger partial charge in [0.25, 0.3) is 0 Å². The Balaban J connectivity index is 4.93. The van der Waals surface area contributed by atoms with Crippen LogP contribution in [-0.2, 0) is 9.84 Å². The first-order chi connectivity index (χ1) is 6.16. The summed E-state index contributed by atoms with van der Waals surface area (Å²) in [5.41, 5.74) is -0.546. The highest BCUT2D eigenvalue weighted by Crippen LogP contribution is 2.25. The van der Waals surface area contributed by atoms with E-state index < -0.39 is 33.2 Å². The van der Waals surface area contributed by atoms with Gasteiger partial charge in [-0.15, -0.1) is 0 Å². The minimum Gasteiger partial charge on any atom is -0.395 e. The minimum atomic E-state index is -3.39. The Hall–Kier alpha value is -0.130. The maximum Gasteiger partial charge on any atom is 0.157 e. The zero-order valence-corrected chi connectivity index (χ0v) is 10.0. The van der Waals surface area contributed by atoms with Crippen LogP contribution in [0.1, 0.15) is 27.7 Å². The number of sulfone groups is 1. The van der Waals surface area contributed by atoms with Crippen LogP contribution in [0.2, 0.25) is 0 Å². The van der Waals surface area contributed by atoms with E-state index in [4.69, 9.17) is 5.11 Å². The molecule has 0 unspecified atom stereocenters. The summed E-state index contributed by atoms with van der Waals surface area (Å²) in [4.78, 5) is 0. The van der Waals surface area contributed by atoms with Gasteiger partial charge in [-0.05, 0) is 5.41 Å². The number of rotatable bonds is 4. The summed E-state index contributed by atoms with van der Waals surface area (Å²) < 4.78 is 23.0. The van der Waals surface area contributed by atoms with Gasteiger partial charge in [-0.1, -0.05) is 27.7 Å². The van der Waals surface area contributed by atoms with Crippen LogP contribution in [0.15, 0.2) is 0 Å². The molecule has 0 aromatic heterocycles. The fourth-order valence-electron chi connectivity index (χ4n) is 1.18. The Bertz CT molecular complexity index is 263. The highest BCUT2D eigenvalue weighted by molar-refractivity contribution is 7.92. The molecule has 14 heavy (non-hydrogen) atoms. The molecule has 2 N–H and O–H groups in total. The highest BCUT2D eigenvalue weighted by Gasteiger charge is 2.37. The molecule has 0 aliphatic rings. The monoisotopic (exact) mass is 224 g/mol. The van der Waals surface area contributed by atoms with Gasteiger partial charge in [0.1, 0.15) is 5.25 Å². The molecule has 0 aliphatic carbocycles. The first kappa shape index (κ1) is 13.9. The number of hydrogen-bond donors (Lipinski definition) is 2. The molecule has 0 aromatic rings. The first-order valence-electron chi connectivity index (χ1n) is 4.67. The third-order valence-electron chi connectivity index (χ3n) is 2.28. The minimum absolute atomic E-state index is 0.0641. The Morgan fingerprint density at radius 1 is 1.29 bits per heavy atom. The summed E-state index contributed by atoms with van der Waals surface area (Å²) in [5.74, 6) is -0.0641. The van der Waals surface area contributed by atoms with Crippen LogP contribution in [0.3, 0.4) is 0 Å². The zero-order chi connectivity index (χ0) is 11.6. The quantitative estimate of drug-likeness (QED) is 0.715. The SMILES string of the molecule is CCS(=O)(=O)[C@H](CO)[C@@H](O)C(C)(C)C. The molecular formula is C9H20O4S. The smallest absolute Gasteiger partial charge is 0.157 e. The van der Waals surface area contributed by atoms with Crippen LogP contribution < -0.4 is 0 Å². The molecular weight excluding hydrogens is 204 g/mol. The van der Waals surface area contributed by atoms with Crippen LogP contribution in [0.5, 0.6) is 0 Å². The number of aliphatic hydroxyl groups excluding tert-OH is 2. The average molecular weight is 224 g/mol. The first-order valence-corrected chi connectivity index (χ1v) is 6.38. The topological polar surface area (TPSA) is 74.6 Å². The van der Waals surface area contributed by atoms with Gasteiger partial charge in [-0.25, -0.2) is 8.42 Å². The molecule has 0 fully saturated rings. The zero-order valence-electron chi connectivity index (χ0n) is 9.19. The molecule has 0 aromatic carbocycles. The molecule has 0 spiro atoms. The van der Waals surface area contributed by atoms with E-state index in [9.17, 15) is 13.5 Å². The van der Waals surface area contributed by atoms with Crippen molar-refractivity contribution in [2.45, 2.75) is 39.0 Å². The van der Waals surface area contributed by atoms with Gasteiger partial charge >= 0.3 is 0 Å². The van der Waals surface area contributed by atoms with Gasteiger partial charge < -0.3 is 10.2 Å². The summed E-state index contributed by atoms with van der Waals surface area (Å²) >= 11 is 0. The fraction of sp³-hybridized carbons (Fsp3) is 1.00. The van der Waals surface area contributed by atoms with E-state index >= 15 is 0 Å². The van der Waals surface area contributed by atoms with Gasteiger partial charge in [0.05, 0.1) is 12.7 Å².